The number of carbonyl (C=O) groups is 2. The third-order valence-electron chi connectivity index (χ3n) is 2.47. The third kappa shape index (κ3) is 2.20. The summed E-state index contributed by atoms with van der Waals surface area (Å²) in [5, 5.41) is 4.62. The molecule has 1 fully saturated rings. The summed E-state index contributed by atoms with van der Waals surface area (Å²) in [5.74, 6) is -0.536. The molecule has 0 radical (unpaired) electrons. The first-order valence-corrected chi connectivity index (χ1v) is 5.72. The van der Waals surface area contributed by atoms with Gasteiger partial charge in [-0.05, 0) is 6.92 Å². The highest BCUT2D eigenvalue weighted by Gasteiger charge is 2.30. The number of nitrogens with one attached hydrogen (secondary N) is 1. The van der Waals surface area contributed by atoms with Gasteiger partial charge in [0.05, 0.1) is 18.3 Å². The highest BCUT2D eigenvalue weighted by atomic mass is 32.1. The number of piperazine rings is 1. The van der Waals surface area contributed by atoms with Gasteiger partial charge >= 0.3 is 0 Å². The summed E-state index contributed by atoms with van der Waals surface area (Å²) in [5.41, 5.74) is 6.30. The van der Waals surface area contributed by atoms with E-state index < -0.39 is 0 Å². The number of rotatable bonds is 2. The largest absolute Gasteiger partial charge is 0.375 e. The first-order chi connectivity index (χ1) is 7.56. The first kappa shape index (κ1) is 11.0. The number of nitrogens with zero attached hydrogens (tertiary/aromatic N) is 2. The van der Waals surface area contributed by atoms with Gasteiger partial charge in [-0.25, -0.2) is 4.98 Å². The molecule has 1 aliphatic rings. The normalized spacial score (nSPS) is 22.2. The van der Waals surface area contributed by atoms with Crippen LogP contribution in [0, 0.1) is 0 Å². The van der Waals surface area contributed by atoms with Gasteiger partial charge in [0.15, 0.2) is 5.13 Å². The predicted octanol–water partition coefficient (Wildman–Crippen LogP) is -0.428. The molecule has 1 aliphatic heterocycles. The molecule has 16 heavy (non-hydrogen) atoms. The quantitative estimate of drug-likeness (QED) is 0.685. The lowest BCUT2D eigenvalue weighted by Gasteiger charge is -2.30. The van der Waals surface area contributed by atoms with Crippen LogP contribution in [0.25, 0.3) is 0 Å². The molecule has 0 saturated carbocycles. The van der Waals surface area contributed by atoms with E-state index >= 15 is 0 Å². The van der Waals surface area contributed by atoms with E-state index in [2.05, 4.69) is 10.3 Å². The van der Waals surface area contributed by atoms with Crippen molar-refractivity contribution in [1.29, 1.82) is 0 Å². The van der Waals surface area contributed by atoms with Crippen molar-refractivity contribution in [2.75, 3.05) is 12.3 Å². The van der Waals surface area contributed by atoms with Crippen molar-refractivity contribution in [1.82, 2.24) is 15.2 Å². The maximum Gasteiger partial charge on any atom is 0.243 e. The molecule has 7 heteroatoms. The lowest BCUT2D eigenvalue weighted by atomic mass is 10.2. The molecular formula is C9H12N4O2S. The SMILES string of the molecule is CC1C(=O)NC(=O)CN1Cc1csc(N)n1. The summed E-state index contributed by atoms with van der Waals surface area (Å²) in [6.45, 7) is 2.44. The van der Waals surface area contributed by atoms with E-state index in [-0.39, 0.29) is 24.4 Å². The minimum atomic E-state index is -0.319. The molecule has 1 saturated heterocycles. The fraction of sp³-hybridized carbons (Fsp3) is 0.444. The number of amides is 2. The molecule has 0 aromatic carbocycles. The molecule has 1 aromatic rings. The van der Waals surface area contributed by atoms with Gasteiger partial charge in [0.1, 0.15) is 0 Å². The second kappa shape index (κ2) is 4.18. The maximum absolute atomic E-state index is 11.4. The van der Waals surface area contributed by atoms with Gasteiger partial charge in [-0.15, -0.1) is 11.3 Å². The molecule has 0 aliphatic carbocycles. The molecule has 6 nitrogen and oxygen atoms in total. The Hall–Kier alpha value is -1.47. The summed E-state index contributed by atoms with van der Waals surface area (Å²) in [6.07, 6.45) is 0. The minimum absolute atomic E-state index is 0.213. The van der Waals surface area contributed by atoms with Gasteiger partial charge in [-0.1, -0.05) is 0 Å². The highest BCUT2D eigenvalue weighted by molar-refractivity contribution is 7.13. The van der Waals surface area contributed by atoms with Crippen LogP contribution < -0.4 is 11.1 Å². The molecule has 1 unspecified atom stereocenters. The molecule has 3 N–H and O–H groups in total. The summed E-state index contributed by atoms with van der Waals surface area (Å²) < 4.78 is 0. The zero-order valence-electron chi connectivity index (χ0n) is 8.77. The van der Waals surface area contributed by atoms with E-state index in [0.29, 0.717) is 11.7 Å². The van der Waals surface area contributed by atoms with Gasteiger partial charge in [-0.2, -0.15) is 0 Å². The minimum Gasteiger partial charge on any atom is -0.375 e. The molecule has 86 valence electrons. The Morgan fingerprint density at radius 1 is 1.69 bits per heavy atom. The average Bonchev–Trinajstić information content (AvgIpc) is 2.60. The second-order valence-electron chi connectivity index (χ2n) is 3.67. The van der Waals surface area contributed by atoms with Crippen molar-refractivity contribution in [3.05, 3.63) is 11.1 Å². The summed E-state index contributed by atoms with van der Waals surface area (Å²) >= 11 is 1.35. The van der Waals surface area contributed by atoms with Crippen LogP contribution in [0.2, 0.25) is 0 Å². The number of thiazole rings is 1. The van der Waals surface area contributed by atoms with Crippen LogP contribution >= 0.6 is 11.3 Å². The van der Waals surface area contributed by atoms with Gasteiger partial charge in [0.25, 0.3) is 0 Å². The molecule has 2 rings (SSSR count). The van der Waals surface area contributed by atoms with Crippen LogP contribution in [0.3, 0.4) is 0 Å². The Bertz CT molecular complexity index is 431. The van der Waals surface area contributed by atoms with Crippen molar-refractivity contribution in [2.24, 2.45) is 0 Å². The number of hydrogen-bond donors (Lipinski definition) is 2. The third-order valence-corrected chi connectivity index (χ3v) is 3.19. The zero-order chi connectivity index (χ0) is 11.7. The van der Waals surface area contributed by atoms with Crippen molar-refractivity contribution < 1.29 is 9.59 Å². The van der Waals surface area contributed by atoms with Crippen molar-refractivity contribution in [3.63, 3.8) is 0 Å². The molecular weight excluding hydrogens is 228 g/mol. The van der Waals surface area contributed by atoms with Crippen molar-refractivity contribution >= 4 is 28.3 Å². The van der Waals surface area contributed by atoms with Gasteiger partial charge in [0, 0.05) is 11.9 Å². The molecule has 2 heterocycles. The summed E-state index contributed by atoms with van der Waals surface area (Å²) in [4.78, 5) is 28.5. The van der Waals surface area contributed by atoms with Crippen LogP contribution in [0.5, 0.6) is 0 Å². The van der Waals surface area contributed by atoms with Crippen LogP contribution in [0.4, 0.5) is 5.13 Å². The lowest BCUT2D eigenvalue weighted by molar-refractivity contribution is -0.139. The standard InChI is InChI=1S/C9H12N4O2S/c1-5-8(15)12-7(14)3-13(5)2-6-4-16-9(10)11-6/h4-5H,2-3H2,1H3,(H2,10,11)(H,12,14,15). The van der Waals surface area contributed by atoms with Crippen LogP contribution in [-0.4, -0.2) is 34.3 Å². The fourth-order valence-corrected chi connectivity index (χ4v) is 2.12. The fourth-order valence-electron chi connectivity index (χ4n) is 1.56. The molecule has 1 atom stereocenters. The Kier molecular flexibility index (Phi) is 2.88. The Labute approximate surface area is 96.4 Å². The Morgan fingerprint density at radius 3 is 3.06 bits per heavy atom. The average molecular weight is 240 g/mol. The van der Waals surface area contributed by atoms with Crippen LogP contribution in [-0.2, 0) is 16.1 Å². The number of nitrogens with two attached hydrogens (primary N) is 1. The molecule has 1 aromatic heterocycles. The zero-order valence-corrected chi connectivity index (χ0v) is 9.58. The smallest absolute Gasteiger partial charge is 0.243 e. The van der Waals surface area contributed by atoms with Gasteiger partial charge < -0.3 is 5.73 Å². The summed E-state index contributed by atoms with van der Waals surface area (Å²) in [7, 11) is 0. The highest BCUT2D eigenvalue weighted by Crippen LogP contribution is 2.15. The number of nitrogen functional groups attached to an aromatic ring is 1. The first-order valence-electron chi connectivity index (χ1n) is 4.84. The van der Waals surface area contributed by atoms with Crippen molar-refractivity contribution in [3.8, 4) is 0 Å². The molecule has 0 spiro atoms. The van der Waals surface area contributed by atoms with Crippen molar-refractivity contribution in [2.45, 2.75) is 19.5 Å². The predicted molar refractivity (Wildman–Crippen MR) is 59.5 cm³/mol. The van der Waals surface area contributed by atoms with E-state index in [9.17, 15) is 9.59 Å². The van der Waals surface area contributed by atoms with E-state index in [1.54, 1.807) is 11.8 Å². The maximum atomic E-state index is 11.4. The van der Waals surface area contributed by atoms with Gasteiger partial charge in [-0.3, -0.25) is 19.8 Å². The van der Waals surface area contributed by atoms with E-state index in [0.717, 1.165) is 5.69 Å². The van der Waals surface area contributed by atoms with Crippen LogP contribution in [0.15, 0.2) is 5.38 Å². The Morgan fingerprint density at radius 2 is 2.44 bits per heavy atom. The van der Waals surface area contributed by atoms with E-state index in [4.69, 9.17) is 5.73 Å². The number of aromatic nitrogens is 1. The summed E-state index contributed by atoms with van der Waals surface area (Å²) in [6, 6.07) is -0.319. The number of hydrogen-bond acceptors (Lipinski definition) is 6. The number of imide groups is 1. The van der Waals surface area contributed by atoms with Gasteiger partial charge in [0.2, 0.25) is 11.8 Å². The lowest BCUT2D eigenvalue weighted by Crippen LogP contribution is -2.56. The van der Waals surface area contributed by atoms with Crippen LogP contribution in [0.1, 0.15) is 12.6 Å². The second-order valence-corrected chi connectivity index (χ2v) is 4.56. The monoisotopic (exact) mass is 240 g/mol. The number of anilines is 1. The topological polar surface area (TPSA) is 88.3 Å². The molecule has 0 bridgehead atoms. The van der Waals surface area contributed by atoms with E-state index in [1.807, 2.05) is 5.38 Å². The van der Waals surface area contributed by atoms with E-state index in [1.165, 1.54) is 11.3 Å². The Balaban J connectivity index is 2.08. The molecule has 2 amide bonds. The number of carbonyl (C=O) groups excluding carboxylic acids is 2.